The average molecular weight is 447 g/mol. The molecule has 1 saturated heterocycles. The maximum Gasteiger partial charge on any atom is 0.209 e. The van der Waals surface area contributed by atoms with Gasteiger partial charge >= 0.3 is 0 Å². The van der Waals surface area contributed by atoms with Gasteiger partial charge in [0.1, 0.15) is 17.5 Å². The molecular weight excluding hydrogens is 425 g/mol. The van der Waals surface area contributed by atoms with Gasteiger partial charge in [-0.25, -0.2) is 26.3 Å². The monoisotopic (exact) mass is 446 g/mol. The lowest BCUT2D eigenvalue weighted by Gasteiger charge is -2.24. The minimum absolute atomic E-state index is 0. The van der Waals surface area contributed by atoms with Gasteiger partial charge in [0.2, 0.25) is 10.0 Å². The van der Waals surface area contributed by atoms with Crippen molar-refractivity contribution in [1.29, 1.82) is 0 Å². The molecule has 2 aromatic carbocycles. The Kier molecular flexibility index (Phi) is 6.02. The topological polar surface area (TPSA) is 58.2 Å². The fourth-order valence-corrected chi connectivity index (χ4v) is 5.05. The predicted octanol–water partition coefficient (Wildman–Crippen LogP) is 3.41. The Labute approximate surface area is 174 Å². The van der Waals surface area contributed by atoms with E-state index in [1.807, 2.05) is 0 Å². The lowest BCUT2D eigenvalue weighted by Crippen LogP contribution is -2.47. The quantitative estimate of drug-likeness (QED) is 0.740. The lowest BCUT2D eigenvalue weighted by atomic mass is 9.91. The number of sulfonamides is 1. The third kappa shape index (κ3) is 4.60. The average Bonchev–Trinajstić information content (AvgIpc) is 3.30. The number of rotatable bonds is 5. The molecule has 29 heavy (non-hydrogen) atoms. The van der Waals surface area contributed by atoms with Crippen LogP contribution in [0.15, 0.2) is 36.4 Å². The first kappa shape index (κ1) is 22.1. The van der Waals surface area contributed by atoms with Gasteiger partial charge in [-0.3, -0.25) is 0 Å². The van der Waals surface area contributed by atoms with Crippen molar-refractivity contribution in [3.05, 3.63) is 59.4 Å². The number of hydrogen-bond acceptors (Lipinski definition) is 3. The number of nitrogens with one attached hydrogen (secondary N) is 2. The van der Waals surface area contributed by atoms with E-state index in [2.05, 4.69) is 10.0 Å². The zero-order valence-electron chi connectivity index (χ0n) is 15.7. The van der Waals surface area contributed by atoms with Gasteiger partial charge in [0.15, 0.2) is 0 Å². The molecule has 4 nitrogen and oxygen atoms in total. The maximum atomic E-state index is 15.1. The molecule has 1 heterocycles. The zero-order valence-corrected chi connectivity index (χ0v) is 17.3. The summed E-state index contributed by atoms with van der Waals surface area (Å²) >= 11 is 0. The maximum absolute atomic E-state index is 15.1. The Balaban J connectivity index is 0.00000240. The summed E-state index contributed by atoms with van der Waals surface area (Å²) in [5.74, 6) is -2.10. The second-order valence-electron chi connectivity index (χ2n) is 7.86. The fraction of sp³-hybridized carbons (Fsp3) is 0.400. The SMILES string of the molecule is CS(=O)(=O)NC1C(Cc2cccc(-c3cc(F)cc(F)c3)c2F)NCC12CC2.Cl. The van der Waals surface area contributed by atoms with E-state index in [0.29, 0.717) is 12.1 Å². The van der Waals surface area contributed by atoms with E-state index >= 15 is 4.39 Å². The molecule has 1 aliphatic heterocycles. The highest BCUT2D eigenvalue weighted by Crippen LogP contribution is 2.52. The van der Waals surface area contributed by atoms with Crippen molar-refractivity contribution >= 4 is 22.4 Å². The molecule has 1 spiro atoms. The van der Waals surface area contributed by atoms with E-state index < -0.39 is 27.5 Å². The minimum Gasteiger partial charge on any atom is -0.311 e. The van der Waals surface area contributed by atoms with Gasteiger partial charge in [0, 0.05) is 35.7 Å². The third-order valence-electron chi connectivity index (χ3n) is 5.70. The van der Waals surface area contributed by atoms with Gasteiger partial charge in [0.05, 0.1) is 6.26 Å². The molecule has 0 radical (unpaired) electrons. The van der Waals surface area contributed by atoms with Gasteiger partial charge < -0.3 is 5.32 Å². The summed E-state index contributed by atoms with van der Waals surface area (Å²) in [6.07, 6.45) is 3.24. The summed E-state index contributed by atoms with van der Waals surface area (Å²) in [4.78, 5) is 0. The molecule has 2 unspecified atom stereocenters. The van der Waals surface area contributed by atoms with E-state index in [-0.39, 0.29) is 47.5 Å². The van der Waals surface area contributed by atoms with E-state index in [0.717, 1.165) is 37.3 Å². The highest BCUT2D eigenvalue weighted by atomic mass is 35.5. The van der Waals surface area contributed by atoms with Crippen molar-refractivity contribution in [2.24, 2.45) is 5.41 Å². The van der Waals surface area contributed by atoms with E-state index in [1.54, 1.807) is 12.1 Å². The standard InChI is InChI=1S/C20H21F3N2O2S.ClH/c1-28(26,27)25-19-17(24-11-20(19)5-6-20)9-12-3-2-4-16(18(12)23)13-7-14(21)10-15(22)8-13;/h2-4,7-8,10,17,19,24-25H,5-6,9,11H2,1H3;1H. The first-order valence-corrected chi connectivity index (χ1v) is 11.0. The molecule has 4 rings (SSSR count). The number of hydrogen-bond donors (Lipinski definition) is 2. The van der Waals surface area contributed by atoms with Crippen molar-refractivity contribution in [2.75, 3.05) is 12.8 Å². The summed E-state index contributed by atoms with van der Waals surface area (Å²) in [5, 5.41) is 3.32. The molecule has 9 heteroatoms. The first-order chi connectivity index (χ1) is 13.2. The minimum atomic E-state index is -3.40. The first-order valence-electron chi connectivity index (χ1n) is 9.11. The van der Waals surface area contributed by atoms with Crippen LogP contribution in [0.25, 0.3) is 11.1 Å². The van der Waals surface area contributed by atoms with Gasteiger partial charge in [-0.1, -0.05) is 18.2 Å². The Morgan fingerprint density at radius 3 is 2.38 bits per heavy atom. The lowest BCUT2D eigenvalue weighted by molar-refractivity contribution is 0.407. The molecule has 2 aliphatic rings. The second kappa shape index (κ2) is 7.91. The van der Waals surface area contributed by atoms with Crippen molar-refractivity contribution in [3.8, 4) is 11.1 Å². The van der Waals surface area contributed by atoms with Gasteiger partial charge in [0.25, 0.3) is 0 Å². The predicted molar refractivity (Wildman–Crippen MR) is 108 cm³/mol. The molecule has 2 atom stereocenters. The Morgan fingerprint density at radius 2 is 1.79 bits per heavy atom. The van der Waals surface area contributed by atoms with Gasteiger partial charge in [-0.05, 0) is 42.5 Å². The van der Waals surface area contributed by atoms with Crippen LogP contribution in [0.4, 0.5) is 13.2 Å². The third-order valence-corrected chi connectivity index (χ3v) is 6.39. The fourth-order valence-electron chi connectivity index (χ4n) is 4.17. The van der Waals surface area contributed by atoms with E-state index in [1.165, 1.54) is 6.07 Å². The second-order valence-corrected chi connectivity index (χ2v) is 9.64. The Hall–Kier alpha value is -1.61. The number of halogens is 4. The molecule has 1 aliphatic carbocycles. The Morgan fingerprint density at radius 1 is 1.14 bits per heavy atom. The van der Waals surface area contributed by atoms with Crippen molar-refractivity contribution < 1.29 is 21.6 Å². The molecule has 0 amide bonds. The molecule has 158 valence electrons. The molecule has 2 N–H and O–H groups in total. The smallest absolute Gasteiger partial charge is 0.209 e. The van der Waals surface area contributed by atoms with Crippen LogP contribution in [0.2, 0.25) is 0 Å². The number of benzene rings is 2. The van der Waals surface area contributed by atoms with Gasteiger partial charge in [-0.2, -0.15) is 0 Å². The van der Waals surface area contributed by atoms with Crippen LogP contribution in [0.1, 0.15) is 18.4 Å². The van der Waals surface area contributed by atoms with Crippen LogP contribution in [-0.4, -0.2) is 33.3 Å². The molecule has 2 aromatic rings. The molecular formula is C20H22ClF3N2O2S. The normalized spacial score (nSPS) is 22.5. The molecule has 0 bridgehead atoms. The van der Waals surface area contributed by atoms with E-state index in [9.17, 15) is 17.2 Å². The highest BCUT2D eigenvalue weighted by Gasteiger charge is 2.56. The van der Waals surface area contributed by atoms with Crippen LogP contribution < -0.4 is 10.0 Å². The Bertz CT molecular complexity index is 1010. The van der Waals surface area contributed by atoms with Crippen LogP contribution in [0.3, 0.4) is 0 Å². The summed E-state index contributed by atoms with van der Waals surface area (Å²) in [6.45, 7) is 0.682. The molecule has 1 saturated carbocycles. The zero-order chi connectivity index (χ0) is 20.1. The van der Waals surface area contributed by atoms with Crippen molar-refractivity contribution in [2.45, 2.75) is 31.3 Å². The van der Waals surface area contributed by atoms with Crippen molar-refractivity contribution in [1.82, 2.24) is 10.0 Å². The van der Waals surface area contributed by atoms with Crippen LogP contribution in [-0.2, 0) is 16.4 Å². The largest absolute Gasteiger partial charge is 0.311 e. The van der Waals surface area contributed by atoms with Crippen LogP contribution in [0.5, 0.6) is 0 Å². The summed E-state index contributed by atoms with van der Waals surface area (Å²) < 4.78 is 68.5. The summed E-state index contributed by atoms with van der Waals surface area (Å²) in [5.41, 5.74) is 0.508. The van der Waals surface area contributed by atoms with Crippen LogP contribution >= 0.6 is 12.4 Å². The molecule has 0 aromatic heterocycles. The van der Waals surface area contributed by atoms with E-state index in [4.69, 9.17) is 0 Å². The summed E-state index contributed by atoms with van der Waals surface area (Å²) in [7, 11) is -3.40. The molecule has 2 fully saturated rings. The van der Waals surface area contributed by atoms with Crippen LogP contribution in [0, 0.1) is 22.9 Å². The van der Waals surface area contributed by atoms with Gasteiger partial charge in [-0.15, -0.1) is 12.4 Å². The van der Waals surface area contributed by atoms with Crippen molar-refractivity contribution in [3.63, 3.8) is 0 Å². The summed E-state index contributed by atoms with van der Waals surface area (Å²) in [6, 6.07) is 7.08. The highest BCUT2D eigenvalue weighted by molar-refractivity contribution is 7.88.